The van der Waals surface area contributed by atoms with Gasteiger partial charge in [-0.25, -0.2) is 8.42 Å². The standard InChI is InChI=1S/C22H31N3O5S/c1-15-6-5-7-18(16(15)2)23-21(26)13-25-19-12-17(8-9-20(19)30-14-22(25)27)31(28,29)24-10-3-4-11-24/h8-9,12,15-16,18H,3-7,10-11,13-14H2,1-2H3,(H,23,26)/t15-,16-,18+/m1/s1. The molecule has 31 heavy (non-hydrogen) atoms. The van der Waals surface area contributed by atoms with Gasteiger partial charge >= 0.3 is 0 Å². The highest BCUT2D eigenvalue weighted by atomic mass is 32.2. The van der Waals surface area contributed by atoms with Gasteiger partial charge in [0.2, 0.25) is 15.9 Å². The number of amides is 2. The number of carbonyl (C=O) groups excluding carboxylic acids is 2. The number of fused-ring (bicyclic) bond motifs is 1. The minimum Gasteiger partial charge on any atom is -0.482 e. The molecule has 2 heterocycles. The van der Waals surface area contributed by atoms with E-state index in [0.717, 1.165) is 32.1 Å². The van der Waals surface area contributed by atoms with Crippen molar-refractivity contribution in [3.63, 3.8) is 0 Å². The van der Waals surface area contributed by atoms with E-state index in [1.165, 1.54) is 21.3 Å². The number of hydrogen-bond acceptors (Lipinski definition) is 5. The molecule has 1 aromatic carbocycles. The van der Waals surface area contributed by atoms with E-state index in [1.807, 2.05) is 0 Å². The number of benzene rings is 1. The summed E-state index contributed by atoms with van der Waals surface area (Å²) in [6, 6.07) is 4.62. The molecule has 1 aliphatic carbocycles. The molecule has 2 fully saturated rings. The Bertz CT molecular complexity index is 958. The smallest absolute Gasteiger partial charge is 0.265 e. The van der Waals surface area contributed by atoms with Crippen molar-refractivity contribution in [3.8, 4) is 5.75 Å². The predicted octanol–water partition coefficient (Wildman–Crippen LogP) is 2.14. The fourth-order valence-electron chi connectivity index (χ4n) is 4.78. The molecule has 0 radical (unpaired) electrons. The molecule has 1 N–H and O–H groups in total. The van der Waals surface area contributed by atoms with Crippen LogP contribution in [-0.4, -0.2) is 56.8 Å². The highest BCUT2D eigenvalue weighted by Crippen LogP contribution is 2.35. The lowest BCUT2D eigenvalue weighted by Gasteiger charge is -2.35. The van der Waals surface area contributed by atoms with E-state index in [2.05, 4.69) is 19.2 Å². The number of ether oxygens (including phenoxy) is 1. The minimum atomic E-state index is -3.64. The fraction of sp³-hybridized carbons (Fsp3) is 0.636. The van der Waals surface area contributed by atoms with Crippen molar-refractivity contribution in [2.45, 2.75) is 56.9 Å². The maximum Gasteiger partial charge on any atom is 0.265 e. The number of rotatable bonds is 5. The van der Waals surface area contributed by atoms with Crippen LogP contribution in [0, 0.1) is 11.8 Å². The number of nitrogens with one attached hydrogen (secondary N) is 1. The zero-order chi connectivity index (χ0) is 22.2. The quantitative estimate of drug-likeness (QED) is 0.743. The first-order chi connectivity index (χ1) is 14.8. The van der Waals surface area contributed by atoms with E-state index in [-0.39, 0.29) is 35.9 Å². The lowest BCUT2D eigenvalue weighted by atomic mass is 9.78. The normalized spacial score (nSPS) is 27.0. The topological polar surface area (TPSA) is 96.0 Å². The van der Waals surface area contributed by atoms with Crippen LogP contribution in [0.2, 0.25) is 0 Å². The van der Waals surface area contributed by atoms with Crippen molar-refractivity contribution in [1.29, 1.82) is 0 Å². The number of anilines is 1. The van der Waals surface area contributed by atoms with Crippen LogP contribution < -0.4 is 15.0 Å². The molecule has 0 aromatic heterocycles. The summed E-state index contributed by atoms with van der Waals surface area (Å²) >= 11 is 0. The third kappa shape index (κ3) is 4.43. The molecule has 9 heteroatoms. The van der Waals surface area contributed by atoms with Crippen LogP contribution in [0.25, 0.3) is 0 Å². The predicted molar refractivity (Wildman–Crippen MR) is 116 cm³/mol. The third-order valence-corrected chi connectivity index (χ3v) is 8.83. The van der Waals surface area contributed by atoms with Gasteiger partial charge < -0.3 is 10.1 Å². The van der Waals surface area contributed by atoms with Gasteiger partial charge in [0.15, 0.2) is 6.61 Å². The molecular formula is C22H31N3O5S. The van der Waals surface area contributed by atoms with Gasteiger partial charge in [-0.05, 0) is 49.3 Å². The van der Waals surface area contributed by atoms with Gasteiger partial charge in [0.25, 0.3) is 5.91 Å². The average Bonchev–Trinajstić information content (AvgIpc) is 3.29. The lowest BCUT2D eigenvalue weighted by Crippen LogP contribution is -2.50. The molecule has 0 spiro atoms. The largest absolute Gasteiger partial charge is 0.482 e. The molecule has 170 valence electrons. The van der Waals surface area contributed by atoms with E-state index in [4.69, 9.17) is 4.74 Å². The van der Waals surface area contributed by atoms with Crippen LogP contribution in [0.5, 0.6) is 5.75 Å². The summed E-state index contributed by atoms with van der Waals surface area (Å²) in [5.74, 6) is 0.738. The molecule has 8 nitrogen and oxygen atoms in total. The zero-order valence-electron chi connectivity index (χ0n) is 18.2. The van der Waals surface area contributed by atoms with Crippen molar-refractivity contribution in [2.75, 3.05) is 31.1 Å². The molecule has 1 aromatic rings. The van der Waals surface area contributed by atoms with E-state index in [9.17, 15) is 18.0 Å². The summed E-state index contributed by atoms with van der Waals surface area (Å²) in [6.45, 7) is 5.03. The van der Waals surface area contributed by atoms with Crippen LogP contribution in [0.4, 0.5) is 5.69 Å². The Morgan fingerprint density at radius 1 is 1.16 bits per heavy atom. The van der Waals surface area contributed by atoms with E-state index in [1.54, 1.807) is 6.07 Å². The summed E-state index contributed by atoms with van der Waals surface area (Å²) in [5.41, 5.74) is 0.330. The Morgan fingerprint density at radius 3 is 2.65 bits per heavy atom. The fourth-order valence-corrected chi connectivity index (χ4v) is 6.31. The molecule has 1 saturated carbocycles. The van der Waals surface area contributed by atoms with Gasteiger partial charge in [-0.1, -0.05) is 26.7 Å². The van der Waals surface area contributed by atoms with E-state index >= 15 is 0 Å². The molecule has 3 atom stereocenters. The Morgan fingerprint density at radius 2 is 1.90 bits per heavy atom. The summed E-state index contributed by atoms with van der Waals surface area (Å²) in [5, 5.41) is 3.09. The lowest BCUT2D eigenvalue weighted by molar-refractivity contribution is -0.126. The van der Waals surface area contributed by atoms with Crippen molar-refractivity contribution in [1.82, 2.24) is 9.62 Å². The van der Waals surface area contributed by atoms with Crippen LogP contribution in [-0.2, 0) is 19.6 Å². The number of sulfonamides is 1. The van der Waals surface area contributed by atoms with Crippen LogP contribution in [0.3, 0.4) is 0 Å². The molecule has 2 amide bonds. The first-order valence-electron chi connectivity index (χ1n) is 11.1. The van der Waals surface area contributed by atoms with Gasteiger partial charge in [-0.2, -0.15) is 4.31 Å². The van der Waals surface area contributed by atoms with Gasteiger partial charge in [0.05, 0.1) is 10.6 Å². The van der Waals surface area contributed by atoms with Gasteiger partial charge in [0.1, 0.15) is 12.3 Å². The second kappa shape index (κ2) is 8.78. The highest BCUT2D eigenvalue weighted by Gasteiger charge is 2.33. The number of nitrogens with zero attached hydrogens (tertiary/aromatic N) is 2. The molecule has 4 rings (SSSR count). The minimum absolute atomic E-state index is 0.0914. The molecule has 0 bridgehead atoms. The molecule has 2 aliphatic heterocycles. The third-order valence-electron chi connectivity index (χ3n) is 6.93. The van der Waals surface area contributed by atoms with Crippen molar-refractivity contribution >= 4 is 27.5 Å². The second-order valence-corrected chi connectivity index (χ2v) is 10.9. The van der Waals surface area contributed by atoms with Crippen LogP contribution in [0.15, 0.2) is 23.1 Å². The zero-order valence-corrected chi connectivity index (χ0v) is 19.0. The van der Waals surface area contributed by atoms with E-state index in [0.29, 0.717) is 36.4 Å². The molecule has 0 unspecified atom stereocenters. The van der Waals surface area contributed by atoms with Gasteiger partial charge in [-0.3, -0.25) is 14.5 Å². The van der Waals surface area contributed by atoms with Crippen LogP contribution >= 0.6 is 0 Å². The van der Waals surface area contributed by atoms with Gasteiger partial charge in [0, 0.05) is 19.1 Å². The molecule has 1 saturated heterocycles. The Balaban J connectivity index is 1.54. The maximum atomic E-state index is 13.0. The van der Waals surface area contributed by atoms with E-state index < -0.39 is 10.0 Å². The monoisotopic (exact) mass is 449 g/mol. The number of hydrogen-bond donors (Lipinski definition) is 1. The molecule has 3 aliphatic rings. The SMILES string of the molecule is C[C@@H]1[C@H](C)CCC[C@@H]1NC(=O)CN1C(=O)COc2ccc(S(=O)(=O)N3CCCC3)cc21. The van der Waals surface area contributed by atoms with Crippen molar-refractivity contribution < 1.29 is 22.7 Å². The first-order valence-corrected chi connectivity index (χ1v) is 12.6. The summed E-state index contributed by atoms with van der Waals surface area (Å²) in [4.78, 5) is 26.8. The Hall–Kier alpha value is -2.13. The highest BCUT2D eigenvalue weighted by molar-refractivity contribution is 7.89. The maximum absolute atomic E-state index is 13.0. The summed E-state index contributed by atoms with van der Waals surface area (Å²) in [7, 11) is -3.64. The van der Waals surface area contributed by atoms with Crippen molar-refractivity contribution in [3.05, 3.63) is 18.2 Å². The van der Waals surface area contributed by atoms with Crippen LogP contribution in [0.1, 0.15) is 46.0 Å². The second-order valence-electron chi connectivity index (χ2n) is 8.95. The first kappa shape index (κ1) is 22.1. The summed E-state index contributed by atoms with van der Waals surface area (Å²) < 4.78 is 32.9. The Kier molecular flexibility index (Phi) is 6.25. The summed E-state index contributed by atoms with van der Waals surface area (Å²) in [6.07, 6.45) is 4.86. The molecular weight excluding hydrogens is 418 g/mol. The van der Waals surface area contributed by atoms with Crippen molar-refractivity contribution in [2.24, 2.45) is 11.8 Å². The average molecular weight is 450 g/mol. The number of carbonyl (C=O) groups is 2. The Labute approximate surface area is 184 Å². The van der Waals surface area contributed by atoms with Gasteiger partial charge in [-0.15, -0.1) is 0 Å².